The number of esters is 1. The van der Waals surface area contributed by atoms with Gasteiger partial charge < -0.3 is 14.2 Å². The Bertz CT molecular complexity index is 856. The number of ether oxygens (including phenoxy) is 1. The van der Waals surface area contributed by atoms with Crippen LogP contribution < -0.4 is 0 Å². The Hall–Kier alpha value is -2.40. The van der Waals surface area contributed by atoms with Gasteiger partial charge in [0.25, 0.3) is 0 Å². The molecule has 3 heterocycles. The maximum Gasteiger partial charge on any atom is 0.311 e. The van der Waals surface area contributed by atoms with Crippen molar-refractivity contribution in [3.63, 3.8) is 0 Å². The van der Waals surface area contributed by atoms with E-state index in [0.29, 0.717) is 0 Å². The molecular formula is C21H25N3O2. The van der Waals surface area contributed by atoms with Gasteiger partial charge in [0.1, 0.15) is 5.82 Å². The van der Waals surface area contributed by atoms with Crippen molar-refractivity contribution in [2.75, 3.05) is 27.2 Å². The van der Waals surface area contributed by atoms with Crippen LogP contribution in [0.3, 0.4) is 0 Å². The van der Waals surface area contributed by atoms with Gasteiger partial charge in [-0.3, -0.25) is 4.79 Å². The van der Waals surface area contributed by atoms with E-state index in [-0.39, 0.29) is 12.4 Å². The normalized spacial score (nSPS) is 17.5. The summed E-state index contributed by atoms with van der Waals surface area (Å²) in [6.45, 7) is 3.00. The van der Waals surface area contributed by atoms with Crippen LogP contribution in [0.5, 0.6) is 0 Å². The number of rotatable bonds is 2. The molecule has 0 amide bonds. The van der Waals surface area contributed by atoms with Gasteiger partial charge in [-0.05, 0) is 37.4 Å². The molecule has 1 fully saturated rings. The predicted molar refractivity (Wildman–Crippen MR) is 101 cm³/mol. The Morgan fingerprint density at radius 1 is 1.15 bits per heavy atom. The highest BCUT2D eigenvalue weighted by Gasteiger charge is 2.26. The van der Waals surface area contributed by atoms with Gasteiger partial charge in [-0.2, -0.15) is 0 Å². The van der Waals surface area contributed by atoms with Crippen molar-refractivity contribution in [3.05, 3.63) is 58.7 Å². The molecule has 5 nitrogen and oxygen atoms in total. The number of carbonyl (C=O) groups excluding carboxylic acids is 1. The lowest BCUT2D eigenvalue weighted by Crippen LogP contribution is -2.27. The zero-order chi connectivity index (χ0) is 18.1. The number of fused-ring (bicyclic) bond motifs is 2. The van der Waals surface area contributed by atoms with Gasteiger partial charge in [-0.1, -0.05) is 29.8 Å². The molecule has 1 saturated heterocycles. The Morgan fingerprint density at radius 3 is 2.69 bits per heavy atom. The standard InChI is InChI=1S/C21H25N3O2/c1-23-10-7-16(8-11-23)20-18-6-4-3-5-15(18)9-12-24-17(13-19(25)26-2)14-22-21(20)24/h3-6,14H,7-13H2,1-2H3. The van der Waals surface area contributed by atoms with Crippen molar-refractivity contribution in [1.29, 1.82) is 0 Å². The van der Waals surface area contributed by atoms with E-state index in [1.54, 1.807) is 0 Å². The fourth-order valence-corrected chi connectivity index (χ4v) is 4.04. The first-order valence-electron chi connectivity index (χ1n) is 9.28. The molecule has 136 valence electrons. The molecule has 2 aliphatic rings. The average molecular weight is 351 g/mol. The summed E-state index contributed by atoms with van der Waals surface area (Å²) in [6, 6.07) is 8.67. The lowest BCUT2D eigenvalue weighted by atomic mass is 9.90. The van der Waals surface area contributed by atoms with Crippen LogP contribution >= 0.6 is 0 Å². The van der Waals surface area contributed by atoms with Crippen LogP contribution in [0.4, 0.5) is 0 Å². The molecular weight excluding hydrogens is 326 g/mol. The highest BCUT2D eigenvalue weighted by Crippen LogP contribution is 2.36. The summed E-state index contributed by atoms with van der Waals surface area (Å²) in [7, 11) is 3.61. The summed E-state index contributed by atoms with van der Waals surface area (Å²) in [4.78, 5) is 18.9. The summed E-state index contributed by atoms with van der Waals surface area (Å²) in [6.07, 6.45) is 5.20. The maximum absolute atomic E-state index is 11.8. The number of aromatic nitrogens is 2. The fourth-order valence-electron chi connectivity index (χ4n) is 4.04. The summed E-state index contributed by atoms with van der Waals surface area (Å²) >= 11 is 0. The van der Waals surface area contributed by atoms with Gasteiger partial charge in [0.15, 0.2) is 0 Å². The Labute approximate surface area is 154 Å². The third-order valence-electron chi connectivity index (χ3n) is 5.55. The van der Waals surface area contributed by atoms with E-state index >= 15 is 0 Å². The van der Waals surface area contributed by atoms with Gasteiger partial charge in [0.2, 0.25) is 0 Å². The number of carbonyl (C=O) groups is 1. The van der Waals surface area contributed by atoms with E-state index in [2.05, 4.69) is 40.8 Å². The molecule has 4 rings (SSSR count). The molecule has 0 unspecified atom stereocenters. The molecule has 1 aromatic carbocycles. The van der Waals surface area contributed by atoms with Crippen molar-refractivity contribution >= 4 is 11.5 Å². The largest absolute Gasteiger partial charge is 0.469 e. The molecule has 0 radical (unpaired) electrons. The minimum atomic E-state index is -0.219. The lowest BCUT2D eigenvalue weighted by molar-refractivity contribution is -0.139. The molecule has 0 spiro atoms. The highest BCUT2D eigenvalue weighted by atomic mass is 16.5. The van der Waals surface area contributed by atoms with E-state index < -0.39 is 0 Å². The zero-order valence-electron chi connectivity index (χ0n) is 15.5. The summed E-state index contributed by atoms with van der Waals surface area (Å²) in [5.74, 6) is 0.788. The molecule has 0 atom stereocenters. The molecule has 1 aromatic heterocycles. The van der Waals surface area contributed by atoms with Gasteiger partial charge >= 0.3 is 5.97 Å². The van der Waals surface area contributed by atoms with Crippen molar-refractivity contribution in [3.8, 4) is 0 Å². The average Bonchev–Trinajstić information content (AvgIpc) is 2.96. The number of hydrogen-bond donors (Lipinski definition) is 0. The van der Waals surface area contributed by atoms with E-state index in [1.807, 2.05) is 6.20 Å². The van der Waals surface area contributed by atoms with Crippen LogP contribution in [-0.2, 0) is 28.9 Å². The second kappa shape index (κ2) is 7.08. The van der Waals surface area contributed by atoms with Crippen molar-refractivity contribution in [2.24, 2.45) is 0 Å². The van der Waals surface area contributed by atoms with Crippen molar-refractivity contribution in [2.45, 2.75) is 32.2 Å². The SMILES string of the molecule is COC(=O)Cc1cnc2n1CCc1ccccc1C2=C1CCN(C)CC1. The van der Waals surface area contributed by atoms with Gasteiger partial charge in [0, 0.05) is 37.1 Å². The van der Waals surface area contributed by atoms with Crippen LogP contribution in [0.2, 0.25) is 0 Å². The van der Waals surface area contributed by atoms with Crippen molar-refractivity contribution < 1.29 is 9.53 Å². The predicted octanol–water partition coefficient (Wildman–Crippen LogP) is 2.68. The number of aryl methyl sites for hydroxylation is 1. The maximum atomic E-state index is 11.8. The number of likely N-dealkylation sites (tertiary alicyclic amines) is 1. The molecule has 0 N–H and O–H groups in total. The van der Waals surface area contributed by atoms with Gasteiger partial charge in [-0.25, -0.2) is 4.98 Å². The number of nitrogens with zero attached hydrogens (tertiary/aromatic N) is 3. The molecule has 0 aliphatic carbocycles. The third-order valence-corrected chi connectivity index (χ3v) is 5.55. The minimum Gasteiger partial charge on any atom is -0.469 e. The molecule has 5 heteroatoms. The van der Waals surface area contributed by atoms with E-state index in [1.165, 1.54) is 29.4 Å². The highest BCUT2D eigenvalue weighted by molar-refractivity contribution is 5.82. The molecule has 26 heavy (non-hydrogen) atoms. The number of benzene rings is 1. The van der Waals surface area contributed by atoms with Crippen LogP contribution in [0.15, 0.2) is 36.0 Å². The fraction of sp³-hybridized carbons (Fsp3) is 0.429. The molecule has 2 aliphatic heterocycles. The number of piperidine rings is 1. The monoisotopic (exact) mass is 351 g/mol. The number of imidazole rings is 1. The van der Waals surface area contributed by atoms with Crippen molar-refractivity contribution in [1.82, 2.24) is 14.5 Å². The third kappa shape index (κ3) is 3.07. The minimum absolute atomic E-state index is 0.219. The first kappa shape index (κ1) is 17.0. The summed E-state index contributed by atoms with van der Waals surface area (Å²) < 4.78 is 7.08. The van der Waals surface area contributed by atoms with E-state index in [0.717, 1.165) is 50.4 Å². The van der Waals surface area contributed by atoms with Gasteiger partial charge in [0.05, 0.1) is 13.5 Å². The molecule has 0 saturated carbocycles. The smallest absolute Gasteiger partial charge is 0.311 e. The lowest BCUT2D eigenvalue weighted by Gasteiger charge is -2.26. The first-order chi connectivity index (χ1) is 12.7. The second-order valence-corrected chi connectivity index (χ2v) is 7.17. The Balaban J connectivity index is 1.85. The van der Waals surface area contributed by atoms with Gasteiger partial charge in [-0.15, -0.1) is 0 Å². The Kier molecular flexibility index (Phi) is 4.64. The summed E-state index contributed by atoms with van der Waals surface area (Å²) in [5.41, 5.74) is 6.37. The molecule has 2 aromatic rings. The van der Waals surface area contributed by atoms with Crippen LogP contribution in [-0.4, -0.2) is 47.7 Å². The first-order valence-corrected chi connectivity index (χ1v) is 9.28. The van der Waals surface area contributed by atoms with Crippen LogP contribution in [0, 0.1) is 0 Å². The molecule has 0 bridgehead atoms. The number of hydrogen-bond acceptors (Lipinski definition) is 4. The topological polar surface area (TPSA) is 47.4 Å². The van der Waals surface area contributed by atoms with Crippen LogP contribution in [0.25, 0.3) is 5.57 Å². The van der Waals surface area contributed by atoms with E-state index in [4.69, 9.17) is 9.72 Å². The quantitative estimate of drug-likeness (QED) is 0.781. The second-order valence-electron chi connectivity index (χ2n) is 7.17. The number of methoxy groups -OCH3 is 1. The summed E-state index contributed by atoms with van der Waals surface area (Å²) in [5, 5.41) is 0. The Morgan fingerprint density at radius 2 is 1.92 bits per heavy atom. The zero-order valence-corrected chi connectivity index (χ0v) is 15.5. The van der Waals surface area contributed by atoms with E-state index in [9.17, 15) is 4.79 Å². The van der Waals surface area contributed by atoms with Crippen LogP contribution in [0.1, 0.15) is 35.5 Å².